The van der Waals surface area contributed by atoms with E-state index in [2.05, 4.69) is 48.5 Å². The molecular weight excluding hydrogens is 356 g/mol. The number of rotatable bonds is 5. The van der Waals surface area contributed by atoms with Crippen LogP contribution in [0.5, 0.6) is 17.2 Å². The summed E-state index contributed by atoms with van der Waals surface area (Å²) in [6.07, 6.45) is 0. The van der Waals surface area contributed by atoms with E-state index in [0.717, 1.165) is 28.4 Å². The first-order valence-corrected chi connectivity index (χ1v) is 9.44. The smallest absolute Gasteiger partial charge is 0.123 e. The largest absolute Gasteiger partial charge is 0.497 e. The van der Waals surface area contributed by atoms with Crippen LogP contribution in [-0.4, -0.2) is 21.3 Å². The lowest BCUT2D eigenvalue weighted by molar-refractivity contribution is 0.394. The number of ether oxygens (including phenoxy) is 3. The van der Waals surface area contributed by atoms with Crippen LogP contribution in [0.3, 0.4) is 0 Å². The van der Waals surface area contributed by atoms with Crippen molar-refractivity contribution < 1.29 is 14.2 Å². The summed E-state index contributed by atoms with van der Waals surface area (Å²) >= 11 is 1.79. The third kappa shape index (κ3) is 3.24. The molecule has 1 aromatic heterocycles. The number of hydrogen-bond acceptors (Lipinski definition) is 4. The Hall–Kier alpha value is -2.98. The number of benzene rings is 3. The van der Waals surface area contributed by atoms with Gasteiger partial charge < -0.3 is 14.2 Å². The topological polar surface area (TPSA) is 27.7 Å². The van der Waals surface area contributed by atoms with Gasteiger partial charge in [-0.25, -0.2) is 0 Å². The number of hydrogen-bond donors (Lipinski definition) is 0. The van der Waals surface area contributed by atoms with E-state index in [0.29, 0.717) is 0 Å². The highest BCUT2D eigenvalue weighted by Gasteiger charge is 2.17. The number of thiophene rings is 1. The summed E-state index contributed by atoms with van der Waals surface area (Å²) in [5.74, 6) is 2.41. The van der Waals surface area contributed by atoms with Crippen molar-refractivity contribution in [1.29, 1.82) is 0 Å². The molecule has 136 valence electrons. The normalized spacial score (nSPS) is 10.8. The van der Waals surface area contributed by atoms with Crippen LogP contribution in [0.15, 0.2) is 66.7 Å². The predicted octanol–water partition coefficient (Wildman–Crippen LogP) is 6.26. The standard InChI is InChI=1S/C23H20O3S/c1-24-17-10-8-15(9-11-17)23-22(20-6-4-5-7-21(20)27-23)16-12-18(25-2)14-19(13-16)26-3/h4-14H,1-3H3. The van der Waals surface area contributed by atoms with Crippen LogP contribution in [0.1, 0.15) is 0 Å². The van der Waals surface area contributed by atoms with E-state index in [1.54, 1.807) is 32.7 Å². The molecule has 0 unspecified atom stereocenters. The SMILES string of the molecule is COc1ccc(-c2sc3ccccc3c2-c2cc(OC)cc(OC)c2)cc1. The molecule has 0 N–H and O–H groups in total. The van der Waals surface area contributed by atoms with E-state index in [-0.39, 0.29) is 0 Å². The maximum absolute atomic E-state index is 5.49. The summed E-state index contributed by atoms with van der Waals surface area (Å²) in [6.45, 7) is 0. The van der Waals surface area contributed by atoms with Gasteiger partial charge in [-0.3, -0.25) is 0 Å². The molecule has 27 heavy (non-hydrogen) atoms. The number of methoxy groups -OCH3 is 3. The van der Waals surface area contributed by atoms with Crippen molar-refractivity contribution >= 4 is 21.4 Å². The highest BCUT2D eigenvalue weighted by molar-refractivity contribution is 7.23. The van der Waals surface area contributed by atoms with Gasteiger partial charge in [0.15, 0.2) is 0 Å². The first-order chi connectivity index (χ1) is 13.2. The fourth-order valence-electron chi connectivity index (χ4n) is 3.23. The Bertz CT molecular complexity index is 1060. The number of fused-ring (bicyclic) bond motifs is 1. The second-order valence-electron chi connectivity index (χ2n) is 6.13. The molecule has 3 aromatic carbocycles. The quantitative estimate of drug-likeness (QED) is 0.411. The Labute approximate surface area is 162 Å². The van der Waals surface area contributed by atoms with Crippen LogP contribution in [0.2, 0.25) is 0 Å². The summed E-state index contributed by atoms with van der Waals surface area (Å²) in [5.41, 5.74) is 3.43. The Morgan fingerprint density at radius 3 is 1.89 bits per heavy atom. The maximum Gasteiger partial charge on any atom is 0.123 e. The van der Waals surface area contributed by atoms with Crippen LogP contribution in [0, 0.1) is 0 Å². The Balaban J connectivity index is 1.98. The van der Waals surface area contributed by atoms with Crippen molar-refractivity contribution in [2.45, 2.75) is 0 Å². The highest BCUT2D eigenvalue weighted by Crippen LogP contribution is 2.46. The minimum Gasteiger partial charge on any atom is -0.497 e. The summed E-state index contributed by atoms with van der Waals surface area (Å²) in [7, 11) is 5.03. The van der Waals surface area contributed by atoms with E-state index >= 15 is 0 Å². The summed E-state index contributed by atoms with van der Waals surface area (Å²) in [4.78, 5) is 1.22. The molecule has 1 heterocycles. The molecule has 0 spiro atoms. The van der Waals surface area contributed by atoms with Gasteiger partial charge in [-0.05, 0) is 53.6 Å². The highest BCUT2D eigenvalue weighted by atomic mass is 32.1. The van der Waals surface area contributed by atoms with Crippen LogP contribution < -0.4 is 14.2 Å². The fraction of sp³-hybridized carbons (Fsp3) is 0.130. The minimum absolute atomic E-state index is 0.778. The van der Waals surface area contributed by atoms with Crippen LogP contribution >= 0.6 is 11.3 Å². The average Bonchev–Trinajstić information content (AvgIpc) is 3.13. The molecular formula is C23H20O3S. The second kappa shape index (κ2) is 7.33. The molecule has 0 amide bonds. The summed E-state index contributed by atoms with van der Waals surface area (Å²) in [5, 5.41) is 1.23. The molecule has 0 saturated carbocycles. The lowest BCUT2D eigenvalue weighted by Gasteiger charge is -2.11. The Morgan fingerprint density at radius 1 is 0.630 bits per heavy atom. The molecule has 3 nitrogen and oxygen atoms in total. The van der Waals surface area contributed by atoms with Crippen molar-refractivity contribution in [2.24, 2.45) is 0 Å². The Morgan fingerprint density at radius 2 is 1.26 bits per heavy atom. The molecule has 0 saturated heterocycles. The van der Waals surface area contributed by atoms with E-state index in [9.17, 15) is 0 Å². The molecule has 4 heteroatoms. The third-order valence-corrected chi connectivity index (χ3v) is 5.81. The first-order valence-electron chi connectivity index (χ1n) is 8.63. The molecule has 0 aliphatic heterocycles. The molecule has 4 aromatic rings. The summed E-state index contributed by atoms with van der Waals surface area (Å²) in [6, 6.07) is 22.7. The van der Waals surface area contributed by atoms with E-state index in [1.165, 1.54) is 20.5 Å². The van der Waals surface area contributed by atoms with Gasteiger partial charge in [0.05, 0.1) is 21.3 Å². The van der Waals surface area contributed by atoms with E-state index < -0.39 is 0 Å². The monoisotopic (exact) mass is 376 g/mol. The van der Waals surface area contributed by atoms with Crippen molar-refractivity contribution in [3.8, 4) is 38.8 Å². The molecule has 0 atom stereocenters. The van der Waals surface area contributed by atoms with E-state index in [1.807, 2.05) is 18.2 Å². The maximum atomic E-state index is 5.49. The molecule has 0 radical (unpaired) electrons. The molecule has 0 aliphatic rings. The van der Waals surface area contributed by atoms with Gasteiger partial charge in [0, 0.05) is 26.6 Å². The van der Waals surface area contributed by atoms with Crippen LogP contribution in [-0.2, 0) is 0 Å². The van der Waals surface area contributed by atoms with Crippen molar-refractivity contribution in [3.63, 3.8) is 0 Å². The second-order valence-corrected chi connectivity index (χ2v) is 7.18. The zero-order chi connectivity index (χ0) is 18.8. The lowest BCUT2D eigenvalue weighted by atomic mass is 9.98. The minimum atomic E-state index is 0.778. The first kappa shape index (κ1) is 17.4. The van der Waals surface area contributed by atoms with Gasteiger partial charge in [0.1, 0.15) is 17.2 Å². The van der Waals surface area contributed by atoms with Crippen molar-refractivity contribution in [3.05, 3.63) is 66.7 Å². The van der Waals surface area contributed by atoms with Crippen LogP contribution in [0.4, 0.5) is 0 Å². The van der Waals surface area contributed by atoms with Gasteiger partial charge >= 0.3 is 0 Å². The van der Waals surface area contributed by atoms with Crippen molar-refractivity contribution in [2.75, 3.05) is 21.3 Å². The van der Waals surface area contributed by atoms with Gasteiger partial charge in [0.2, 0.25) is 0 Å². The van der Waals surface area contributed by atoms with Gasteiger partial charge in [-0.2, -0.15) is 0 Å². The van der Waals surface area contributed by atoms with Gasteiger partial charge in [-0.1, -0.05) is 18.2 Å². The zero-order valence-corrected chi connectivity index (χ0v) is 16.3. The molecule has 0 fully saturated rings. The van der Waals surface area contributed by atoms with E-state index in [4.69, 9.17) is 14.2 Å². The van der Waals surface area contributed by atoms with Crippen molar-refractivity contribution in [1.82, 2.24) is 0 Å². The summed E-state index contributed by atoms with van der Waals surface area (Å²) < 4.78 is 17.5. The third-order valence-electron chi connectivity index (χ3n) is 4.59. The van der Waals surface area contributed by atoms with Crippen LogP contribution in [0.25, 0.3) is 31.7 Å². The lowest BCUT2D eigenvalue weighted by Crippen LogP contribution is -1.89. The molecule has 0 bridgehead atoms. The average molecular weight is 376 g/mol. The predicted molar refractivity (Wildman–Crippen MR) is 112 cm³/mol. The van der Waals surface area contributed by atoms with Gasteiger partial charge in [-0.15, -0.1) is 11.3 Å². The zero-order valence-electron chi connectivity index (χ0n) is 15.5. The molecule has 0 aliphatic carbocycles. The Kier molecular flexibility index (Phi) is 4.73. The fourth-order valence-corrected chi connectivity index (χ4v) is 4.46. The molecule has 4 rings (SSSR count). The van der Waals surface area contributed by atoms with Gasteiger partial charge in [0.25, 0.3) is 0 Å².